The van der Waals surface area contributed by atoms with Crippen LogP contribution in [0.25, 0.3) is 0 Å². The highest BCUT2D eigenvalue weighted by molar-refractivity contribution is 5.79. The number of aliphatic imine (C=N–C) groups is 1. The molecule has 0 fully saturated rings. The Hall–Kier alpha value is -1.95. The van der Waals surface area contributed by atoms with Crippen molar-refractivity contribution in [1.29, 1.82) is 0 Å². The normalized spacial score (nSPS) is 20.5. The Morgan fingerprint density at radius 1 is 1.33 bits per heavy atom. The average molecular weight is 208 g/mol. The summed E-state index contributed by atoms with van der Waals surface area (Å²) in [6, 6.07) is 4.35. The lowest BCUT2D eigenvalue weighted by Gasteiger charge is -2.11. The zero-order chi connectivity index (χ0) is 11.0. The van der Waals surface area contributed by atoms with E-state index in [-0.39, 0.29) is 23.5 Å². The molecular weight excluding hydrogens is 196 g/mol. The highest BCUT2D eigenvalue weighted by Gasteiger charge is 2.22. The average Bonchev–Trinajstić information content (AvgIpc) is 2.52. The van der Waals surface area contributed by atoms with Crippen LogP contribution in [0.3, 0.4) is 0 Å². The van der Waals surface area contributed by atoms with Crippen LogP contribution in [0, 0.1) is 0 Å². The number of phenols is 2. The lowest BCUT2D eigenvalue weighted by atomic mass is 10.1. The van der Waals surface area contributed by atoms with E-state index in [4.69, 9.17) is 16.7 Å². The van der Waals surface area contributed by atoms with Crippen LogP contribution in [-0.2, 0) is 0 Å². The van der Waals surface area contributed by atoms with Crippen molar-refractivity contribution in [2.45, 2.75) is 6.04 Å². The van der Waals surface area contributed by atoms with Gasteiger partial charge in [-0.25, -0.2) is 10.8 Å². The Morgan fingerprint density at radius 2 is 2.07 bits per heavy atom. The molecule has 1 heterocycles. The topological polar surface area (TPSA) is 108 Å². The van der Waals surface area contributed by atoms with E-state index in [0.717, 1.165) is 5.56 Å². The molecule has 1 aromatic carbocycles. The number of rotatable bonds is 1. The van der Waals surface area contributed by atoms with Gasteiger partial charge >= 0.3 is 0 Å². The van der Waals surface area contributed by atoms with Crippen LogP contribution < -0.4 is 11.6 Å². The predicted molar refractivity (Wildman–Crippen MR) is 55.0 cm³/mol. The minimum atomic E-state index is -0.193. The van der Waals surface area contributed by atoms with Gasteiger partial charge in [0.2, 0.25) is 5.96 Å². The van der Waals surface area contributed by atoms with E-state index < -0.39 is 0 Å². The van der Waals surface area contributed by atoms with Gasteiger partial charge in [0.05, 0.1) is 12.6 Å². The summed E-state index contributed by atoms with van der Waals surface area (Å²) in [6.07, 6.45) is 0. The molecule has 1 aromatic rings. The maximum atomic E-state index is 9.32. The molecule has 80 valence electrons. The molecular formula is C9H12N4O2. The fourth-order valence-electron chi connectivity index (χ4n) is 1.48. The van der Waals surface area contributed by atoms with Gasteiger partial charge in [0.25, 0.3) is 0 Å². The van der Waals surface area contributed by atoms with Crippen LogP contribution in [0.4, 0.5) is 0 Å². The third kappa shape index (κ3) is 1.66. The first-order chi connectivity index (χ1) is 7.08. The van der Waals surface area contributed by atoms with Gasteiger partial charge in [-0.2, -0.15) is 0 Å². The van der Waals surface area contributed by atoms with Gasteiger partial charge in [0.1, 0.15) is 0 Å². The third-order valence-corrected chi connectivity index (χ3v) is 2.34. The van der Waals surface area contributed by atoms with Gasteiger partial charge in [0.15, 0.2) is 11.5 Å². The zero-order valence-corrected chi connectivity index (χ0v) is 7.96. The highest BCUT2D eigenvalue weighted by atomic mass is 16.3. The van der Waals surface area contributed by atoms with E-state index >= 15 is 0 Å². The molecule has 1 atom stereocenters. The number of hydrogen-bond acceptors (Lipinski definition) is 6. The van der Waals surface area contributed by atoms with Crippen LogP contribution in [0.15, 0.2) is 23.2 Å². The number of guanidine groups is 1. The summed E-state index contributed by atoms with van der Waals surface area (Å²) in [4.78, 5) is 4.11. The van der Waals surface area contributed by atoms with E-state index in [1.165, 1.54) is 17.1 Å². The zero-order valence-electron chi connectivity index (χ0n) is 7.96. The van der Waals surface area contributed by atoms with E-state index in [2.05, 4.69) is 4.99 Å². The van der Waals surface area contributed by atoms with Crippen LogP contribution >= 0.6 is 0 Å². The number of hydrogen-bond donors (Lipinski definition) is 4. The van der Waals surface area contributed by atoms with Gasteiger partial charge in [-0.1, -0.05) is 6.07 Å². The minimum absolute atomic E-state index is 0.154. The van der Waals surface area contributed by atoms with Crippen molar-refractivity contribution in [3.05, 3.63) is 23.8 Å². The molecule has 0 bridgehead atoms. The Balaban J connectivity index is 2.28. The summed E-state index contributed by atoms with van der Waals surface area (Å²) in [6.45, 7) is 0.468. The molecule has 0 aliphatic carbocycles. The van der Waals surface area contributed by atoms with E-state index in [0.29, 0.717) is 6.54 Å². The number of phenolic OH excluding ortho intramolecular Hbond substituents is 2. The van der Waals surface area contributed by atoms with Gasteiger partial charge in [-0.05, 0) is 17.7 Å². The Labute approximate surface area is 86.4 Å². The Kier molecular flexibility index (Phi) is 2.12. The van der Waals surface area contributed by atoms with Gasteiger partial charge in [0, 0.05) is 0 Å². The Morgan fingerprint density at radius 3 is 2.60 bits per heavy atom. The van der Waals surface area contributed by atoms with Crippen molar-refractivity contribution < 1.29 is 10.2 Å². The first-order valence-electron chi connectivity index (χ1n) is 4.45. The second-order valence-electron chi connectivity index (χ2n) is 3.40. The van der Waals surface area contributed by atoms with Crippen LogP contribution in [0.5, 0.6) is 11.5 Å². The SMILES string of the molecule is NC1=NC(c2ccc(O)c(O)c2)CN1N. The summed E-state index contributed by atoms with van der Waals surface area (Å²) in [5.74, 6) is 5.49. The number of nitrogens with two attached hydrogens (primary N) is 2. The lowest BCUT2D eigenvalue weighted by molar-refractivity contribution is 0.401. The Bertz CT molecular complexity index is 419. The van der Waals surface area contributed by atoms with Gasteiger partial charge in [-0.3, -0.25) is 5.01 Å². The molecule has 0 aromatic heterocycles. The smallest absolute Gasteiger partial charge is 0.206 e. The molecule has 15 heavy (non-hydrogen) atoms. The van der Waals surface area contributed by atoms with E-state index in [9.17, 15) is 5.11 Å². The molecule has 1 unspecified atom stereocenters. The minimum Gasteiger partial charge on any atom is -0.504 e. The van der Waals surface area contributed by atoms with Crippen molar-refractivity contribution in [2.75, 3.05) is 6.54 Å². The maximum absolute atomic E-state index is 9.32. The third-order valence-electron chi connectivity index (χ3n) is 2.34. The molecule has 6 N–H and O–H groups in total. The molecule has 0 spiro atoms. The van der Waals surface area contributed by atoms with E-state index in [1.807, 2.05) is 0 Å². The molecule has 1 aliphatic heterocycles. The molecule has 0 saturated carbocycles. The second kappa shape index (κ2) is 3.32. The van der Waals surface area contributed by atoms with Crippen molar-refractivity contribution in [3.8, 4) is 11.5 Å². The quantitative estimate of drug-likeness (QED) is 0.372. The molecule has 1 aliphatic rings. The fraction of sp³-hybridized carbons (Fsp3) is 0.222. The van der Waals surface area contributed by atoms with Crippen molar-refractivity contribution in [2.24, 2.45) is 16.6 Å². The monoisotopic (exact) mass is 208 g/mol. The fourth-order valence-corrected chi connectivity index (χ4v) is 1.48. The molecule has 0 radical (unpaired) electrons. The highest BCUT2D eigenvalue weighted by Crippen LogP contribution is 2.30. The molecule has 0 saturated heterocycles. The lowest BCUT2D eigenvalue weighted by Crippen LogP contribution is -2.39. The van der Waals surface area contributed by atoms with Gasteiger partial charge < -0.3 is 15.9 Å². The molecule has 6 nitrogen and oxygen atoms in total. The molecule has 2 rings (SSSR count). The standard InChI is InChI=1S/C9H12N4O2/c10-9-12-6(4-13(9)11)5-1-2-7(14)8(15)3-5/h1-3,6,14-15H,4,11H2,(H2,10,12). The van der Waals surface area contributed by atoms with Crippen molar-refractivity contribution >= 4 is 5.96 Å². The van der Waals surface area contributed by atoms with Crippen LogP contribution in [0.2, 0.25) is 0 Å². The second-order valence-corrected chi connectivity index (χ2v) is 3.40. The predicted octanol–water partition coefficient (Wildman–Crippen LogP) is -0.357. The summed E-state index contributed by atoms with van der Waals surface area (Å²) < 4.78 is 0. The molecule has 6 heteroatoms. The van der Waals surface area contributed by atoms with Crippen molar-refractivity contribution in [3.63, 3.8) is 0 Å². The number of hydrazine groups is 1. The maximum Gasteiger partial charge on any atom is 0.206 e. The van der Waals surface area contributed by atoms with Gasteiger partial charge in [-0.15, -0.1) is 0 Å². The van der Waals surface area contributed by atoms with Crippen LogP contribution in [0.1, 0.15) is 11.6 Å². The largest absolute Gasteiger partial charge is 0.504 e. The summed E-state index contributed by atoms with van der Waals surface area (Å²) in [5, 5.41) is 19.8. The number of nitrogens with zero attached hydrogens (tertiary/aromatic N) is 2. The number of aromatic hydroxyl groups is 2. The van der Waals surface area contributed by atoms with Crippen molar-refractivity contribution in [1.82, 2.24) is 5.01 Å². The summed E-state index contributed by atoms with van der Waals surface area (Å²) in [7, 11) is 0. The van der Waals surface area contributed by atoms with Crippen LogP contribution in [-0.4, -0.2) is 27.7 Å². The first-order valence-corrected chi connectivity index (χ1v) is 4.45. The first kappa shape index (κ1) is 9.60. The molecule has 0 amide bonds. The summed E-state index contributed by atoms with van der Waals surface area (Å²) >= 11 is 0. The number of benzene rings is 1. The summed E-state index contributed by atoms with van der Waals surface area (Å²) in [5.41, 5.74) is 6.28. The van der Waals surface area contributed by atoms with E-state index in [1.54, 1.807) is 6.07 Å².